The average molecular weight is 222 g/mol. The van der Waals surface area contributed by atoms with Crippen molar-refractivity contribution in [2.75, 3.05) is 13.7 Å². The number of aromatic nitrogens is 4. The summed E-state index contributed by atoms with van der Waals surface area (Å²) < 4.78 is 6.56. The Morgan fingerprint density at radius 3 is 3.06 bits per heavy atom. The largest absolute Gasteiger partial charge is 0.390 e. The Kier molecular flexibility index (Phi) is 3.12. The molecule has 0 aliphatic heterocycles. The molecule has 0 bridgehead atoms. The summed E-state index contributed by atoms with van der Waals surface area (Å²) in [4.78, 5) is 8.29. The molecule has 6 heteroatoms. The van der Waals surface area contributed by atoms with E-state index in [0.717, 1.165) is 16.7 Å². The van der Waals surface area contributed by atoms with Gasteiger partial charge in [-0.05, 0) is 0 Å². The van der Waals surface area contributed by atoms with Gasteiger partial charge in [0.25, 0.3) is 0 Å². The van der Waals surface area contributed by atoms with Crippen molar-refractivity contribution < 1.29 is 9.84 Å². The molecule has 1 atom stereocenters. The molecule has 2 rings (SSSR count). The molecule has 86 valence electrons. The Labute approximate surface area is 92.9 Å². The molecule has 0 aliphatic carbocycles. The topological polar surface area (TPSA) is 73.1 Å². The van der Waals surface area contributed by atoms with Crippen molar-refractivity contribution in [3.8, 4) is 0 Å². The molecule has 6 nitrogen and oxygen atoms in total. The molecule has 0 saturated carbocycles. The Hall–Kier alpha value is -1.53. The van der Waals surface area contributed by atoms with Crippen LogP contribution in [0.3, 0.4) is 0 Å². The van der Waals surface area contributed by atoms with Crippen LogP contribution in [0.15, 0.2) is 12.5 Å². The Morgan fingerprint density at radius 1 is 1.50 bits per heavy atom. The standard InChI is InChI=1S/C10H14N4O2/c1-14-10-8(4-13-14)9(11-6-12-10)3-7(15)5-16-2/h4,6-7,15H,3,5H2,1-2H3. The molecule has 16 heavy (non-hydrogen) atoms. The van der Waals surface area contributed by atoms with E-state index in [1.54, 1.807) is 18.0 Å². The number of ether oxygens (including phenoxy) is 1. The van der Waals surface area contributed by atoms with Crippen molar-refractivity contribution in [1.29, 1.82) is 0 Å². The third-order valence-corrected chi connectivity index (χ3v) is 2.40. The van der Waals surface area contributed by atoms with Crippen molar-refractivity contribution in [2.45, 2.75) is 12.5 Å². The minimum atomic E-state index is -0.552. The summed E-state index contributed by atoms with van der Waals surface area (Å²) in [5, 5.41) is 14.6. The predicted molar refractivity (Wildman–Crippen MR) is 57.9 cm³/mol. The van der Waals surface area contributed by atoms with Gasteiger partial charge in [-0.2, -0.15) is 5.10 Å². The van der Waals surface area contributed by atoms with Gasteiger partial charge in [0.15, 0.2) is 5.65 Å². The third kappa shape index (κ3) is 2.02. The first kappa shape index (κ1) is 11.0. The summed E-state index contributed by atoms with van der Waals surface area (Å²) in [6.07, 6.45) is 3.09. The van der Waals surface area contributed by atoms with Crippen LogP contribution in [0.1, 0.15) is 5.69 Å². The van der Waals surface area contributed by atoms with Gasteiger partial charge in [-0.15, -0.1) is 0 Å². The summed E-state index contributed by atoms with van der Waals surface area (Å²) in [6, 6.07) is 0. The molecule has 0 spiro atoms. The van der Waals surface area contributed by atoms with Gasteiger partial charge in [0, 0.05) is 20.6 Å². The van der Waals surface area contributed by atoms with E-state index in [9.17, 15) is 5.11 Å². The lowest BCUT2D eigenvalue weighted by molar-refractivity contribution is 0.0646. The zero-order valence-electron chi connectivity index (χ0n) is 9.29. The molecule has 1 N–H and O–H groups in total. The highest BCUT2D eigenvalue weighted by atomic mass is 16.5. The van der Waals surface area contributed by atoms with Crippen LogP contribution in [0.4, 0.5) is 0 Å². The fourth-order valence-corrected chi connectivity index (χ4v) is 1.65. The van der Waals surface area contributed by atoms with E-state index in [1.807, 2.05) is 7.05 Å². The van der Waals surface area contributed by atoms with E-state index in [4.69, 9.17) is 4.74 Å². The summed E-state index contributed by atoms with van der Waals surface area (Å²) in [6.45, 7) is 0.297. The number of aliphatic hydroxyl groups excluding tert-OH is 1. The summed E-state index contributed by atoms with van der Waals surface area (Å²) >= 11 is 0. The van der Waals surface area contributed by atoms with Crippen LogP contribution >= 0.6 is 0 Å². The lowest BCUT2D eigenvalue weighted by Gasteiger charge is -2.08. The highest BCUT2D eigenvalue weighted by Gasteiger charge is 2.12. The van der Waals surface area contributed by atoms with Crippen molar-refractivity contribution in [3.63, 3.8) is 0 Å². The fourth-order valence-electron chi connectivity index (χ4n) is 1.65. The predicted octanol–water partition coefficient (Wildman–Crippen LogP) is -0.0869. The Balaban J connectivity index is 2.30. The SMILES string of the molecule is COCC(O)Cc1ncnc2c1cnn2C. The highest BCUT2D eigenvalue weighted by molar-refractivity contribution is 5.76. The van der Waals surface area contributed by atoms with Gasteiger partial charge < -0.3 is 9.84 Å². The fraction of sp³-hybridized carbons (Fsp3) is 0.500. The number of nitrogens with zero attached hydrogens (tertiary/aromatic N) is 4. The second kappa shape index (κ2) is 4.54. The van der Waals surface area contributed by atoms with Crippen molar-refractivity contribution in [3.05, 3.63) is 18.2 Å². The molecule has 1 unspecified atom stereocenters. The number of aryl methyl sites for hydroxylation is 1. The van der Waals surface area contributed by atoms with E-state index in [-0.39, 0.29) is 0 Å². The second-order valence-electron chi connectivity index (χ2n) is 3.64. The van der Waals surface area contributed by atoms with Crippen LogP contribution in [-0.4, -0.2) is 44.7 Å². The lowest BCUT2D eigenvalue weighted by atomic mass is 10.1. The van der Waals surface area contributed by atoms with Gasteiger partial charge in [0.2, 0.25) is 0 Å². The van der Waals surface area contributed by atoms with E-state index in [0.29, 0.717) is 13.0 Å². The van der Waals surface area contributed by atoms with E-state index < -0.39 is 6.10 Å². The Bertz CT molecular complexity index is 483. The third-order valence-electron chi connectivity index (χ3n) is 2.40. The van der Waals surface area contributed by atoms with Crippen LogP contribution in [0.25, 0.3) is 11.0 Å². The zero-order chi connectivity index (χ0) is 11.5. The monoisotopic (exact) mass is 222 g/mol. The van der Waals surface area contributed by atoms with Crippen molar-refractivity contribution in [2.24, 2.45) is 7.05 Å². The highest BCUT2D eigenvalue weighted by Crippen LogP contribution is 2.14. The molecule has 2 aromatic heterocycles. The summed E-state index contributed by atoms with van der Waals surface area (Å²) in [5.41, 5.74) is 1.57. The molecule has 0 saturated heterocycles. The van der Waals surface area contributed by atoms with Gasteiger partial charge in [-0.3, -0.25) is 4.68 Å². The minimum Gasteiger partial charge on any atom is -0.390 e. The molecular formula is C10H14N4O2. The first-order chi connectivity index (χ1) is 7.72. The number of rotatable bonds is 4. The molecule has 2 heterocycles. The van der Waals surface area contributed by atoms with Crippen LogP contribution in [-0.2, 0) is 18.2 Å². The first-order valence-electron chi connectivity index (χ1n) is 5.01. The molecule has 0 aliphatic rings. The lowest BCUT2D eigenvalue weighted by Crippen LogP contribution is -2.17. The molecule has 0 fully saturated rings. The minimum absolute atomic E-state index is 0.297. The number of aliphatic hydroxyl groups is 1. The number of methoxy groups -OCH3 is 1. The Morgan fingerprint density at radius 2 is 2.31 bits per heavy atom. The normalized spacial score (nSPS) is 13.2. The van der Waals surface area contributed by atoms with Crippen LogP contribution < -0.4 is 0 Å². The number of hydrogen-bond donors (Lipinski definition) is 1. The van der Waals surface area contributed by atoms with E-state index >= 15 is 0 Å². The van der Waals surface area contributed by atoms with Gasteiger partial charge >= 0.3 is 0 Å². The van der Waals surface area contributed by atoms with Crippen LogP contribution in [0.5, 0.6) is 0 Å². The van der Waals surface area contributed by atoms with Gasteiger partial charge in [0.1, 0.15) is 6.33 Å². The second-order valence-corrected chi connectivity index (χ2v) is 3.64. The van der Waals surface area contributed by atoms with Gasteiger partial charge in [-0.1, -0.05) is 0 Å². The first-order valence-corrected chi connectivity index (χ1v) is 5.01. The molecule has 0 amide bonds. The van der Waals surface area contributed by atoms with Crippen LogP contribution in [0, 0.1) is 0 Å². The zero-order valence-corrected chi connectivity index (χ0v) is 9.29. The maximum absolute atomic E-state index is 9.66. The quantitative estimate of drug-likeness (QED) is 0.782. The van der Waals surface area contributed by atoms with Crippen molar-refractivity contribution >= 4 is 11.0 Å². The smallest absolute Gasteiger partial charge is 0.161 e. The van der Waals surface area contributed by atoms with Crippen LogP contribution in [0.2, 0.25) is 0 Å². The van der Waals surface area contributed by atoms with Gasteiger partial charge in [0.05, 0.1) is 30.0 Å². The number of hydrogen-bond acceptors (Lipinski definition) is 5. The molecule has 0 aromatic carbocycles. The summed E-state index contributed by atoms with van der Waals surface area (Å²) in [5.74, 6) is 0. The van der Waals surface area contributed by atoms with E-state index in [2.05, 4.69) is 15.1 Å². The van der Waals surface area contributed by atoms with Gasteiger partial charge in [-0.25, -0.2) is 9.97 Å². The average Bonchev–Trinajstić information content (AvgIpc) is 2.62. The summed E-state index contributed by atoms with van der Waals surface area (Å²) in [7, 11) is 3.38. The molecular weight excluding hydrogens is 208 g/mol. The van der Waals surface area contributed by atoms with E-state index in [1.165, 1.54) is 6.33 Å². The molecule has 0 radical (unpaired) electrons. The molecule has 2 aromatic rings. The number of fused-ring (bicyclic) bond motifs is 1. The van der Waals surface area contributed by atoms with Crippen molar-refractivity contribution in [1.82, 2.24) is 19.7 Å². The maximum atomic E-state index is 9.66. The maximum Gasteiger partial charge on any atom is 0.161 e.